The highest BCUT2D eigenvalue weighted by molar-refractivity contribution is 5.72. The van der Waals surface area contributed by atoms with Crippen molar-refractivity contribution in [1.82, 2.24) is 5.32 Å². The predicted molar refractivity (Wildman–Crippen MR) is 76.0 cm³/mol. The third kappa shape index (κ3) is 2.16. The number of carbonyl (C=O) groups is 1. The second-order valence-electron chi connectivity index (χ2n) is 6.87. The predicted octanol–water partition coefficient (Wildman–Crippen LogP) is 2.66. The Hall–Kier alpha value is -1.42. The van der Waals surface area contributed by atoms with Gasteiger partial charge in [-0.05, 0) is 60.6 Å². The molecule has 4 aliphatic rings. The fraction of sp³-hybridized carbons (Fsp3) is 0.588. The second kappa shape index (κ2) is 4.80. The molecular formula is C17H20FNO2. The number of nitrogens with one attached hydrogen (secondary N) is 1. The minimum atomic E-state index is -0.647. The molecule has 0 unspecified atom stereocenters. The monoisotopic (exact) mass is 289 g/mol. The van der Waals surface area contributed by atoms with Crippen molar-refractivity contribution in [2.45, 2.75) is 31.8 Å². The zero-order chi connectivity index (χ0) is 14.6. The summed E-state index contributed by atoms with van der Waals surface area (Å²) in [5.41, 5.74) is 1.01. The van der Waals surface area contributed by atoms with Crippen molar-refractivity contribution in [3.8, 4) is 0 Å². The highest BCUT2D eigenvalue weighted by atomic mass is 19.1. The summed E-state index contributed by atoms with van der Waals surface area (Å²) in [7, 11) is 0. The van der Waals surface area contributed by atoms with E-state index in [0.29, 0.717) is 24.3 Å². The molecule has 21 heavy (non-hydrogen) atoms. The molecule has 1 aromatic rings. The van der Waals surface area contributed by atoms with Gasteiger partial charge in [-0.3, -0.25) is 4.79 Å². The first-order valence-electron chi connectivity index (χ1n) is 7.86. The Bertz CT molecular complexity index is 558. The van der Waals surface area contributed by atoms with Crippen LogP contribution >= 0.6 is 0 Å². The van der Waals surface area contributed by atoms with E-state index in [1.807, 2.05) is 0 Å². The standard InChI is InChI=1S/C17H20FNO2/c18-10-3-1-9(2-4-10)8-19-16-12-6-5-11(13-7-14(12)13)15(16)17(20)21/h1-4,11-16,19H,5-8H2,(H,20,21)/t11-,12+,13+,14-,15-,16+/m0/s1. The molecule has 0 saturated heterocycles. The van der Waals surface area contributed by atoms with E-state index in [0.717, 1.165) is 24.3 Å². The molecule has 0 amide bonds. The molecule has 2 bridgehead atoms. The van der Waals surface area contributed by atoms with Gasteiger partial charge in [-0.2, -0.15) is 0 Å². The van der Waals surface area contributed by atoms with Crippen LogP contribution in [0.1, 0.15) is 24.8 Å². The Balaban J connectivity index is 1.50. The van der Waals surface area contributed by atoms with Crippen molar-refractivity contribution in [1.29, 1.82) is 0 Å². The summed E-state index contributed by atoms with van der Waals surface area (Å²) >= 11 is 0. The van der Waals surface area contributed by atoms with Crippen LogP contribution in [0.3, 0.4) is 0 Å². The highest BCUT2D eigenvalue weighted by Crippen LogP contribution is 2.64. The van der Waals surface area contributed by atoms with Crippen LogP contribution in [0.2, 0.25) is 0 Å². The summed E-state index contributed by atoms with van der Waals surface area (Å²) in [5, 5.41) is 13.1. The van der Waals surface area contributed by atoms with Gasteiger partial charge in [0.15, 0.2) is 0 Å². The number of hydrogen-bond donors (Lipinski definition) is 2. The van der Waals surface area contributed by atoms with Crippen LogP contribution in [-0.4, -0.2) is 17.1 Å². The van der Waals surface area contributed by atoms with E-state index in [2.05, 4.69) is 5.32 Å². The fourth-order valence-corrected chi connectivity index (χ4v) is 4.91. The Morgan fingerprint density at radius 2 is 1.81 bits per heavy atom. The molecule has 112 valence electrons. The number of rotatable bonds is 4. The first-order valence-corrected chi connectivity index (χ1v) is 7.86. The Morgan fingerprint density at radius 3 is 2.52 bits per heavy atom. The minimum Gasteiger partial charge on any atom is -0.481 e. The first-order chi connectivity index (χ1) is 10.1. The molecule has 1 aromatic carbocycles. The van der Waals surface area contributed by atoms with Crippen molar-refractivity contribution in [2.24, 2.45) is 29.6 Å². The summed E-state index contributed by atoms with van der Waals surface area (Å²) in [5.74, 6) is 1.18. The summed E-state index contributed by atoms with van der Waals surface area (Å²) in [6.45, 7) is 0.620. The highest BCUT2D eigenvalue weighted by Gasteiger charge is 2.62. The van der Waals surface area contributed by atoms with Gasteiger partial charge in [0.2, 0.25) is 0 Å². The maximum Gasteiger partial charge on any atom is 0.308 e. The summed E-state index contributed by atoms with van der Waals surface area (Å²) in [6, 6.07) is 6.51. The third-order valence-electron chi connectivity index (χ3n) is 5.87. The van der Waals surface area contributed by atoms with E-state index in [4.69, 9.17) is 0 Å². The molecule has 4 fully saturated rings. The molecular weight excluding hydrogens is 269 g/mol. The summed E-state index contributed by atoms with van der Waals surface area (Å²) in [4.78, 5) is 11.7. The van der Waals surface area contributed by atoms with E-state index in [9.17, 15) is 14.3 Å². The van der Waals surface area contributed by atoms with E-state index in [-0.39, 0.29) is 17.8 Å². The smallest absolute Gasteiger partial charge is 0.308 e. The number of fused-ring (bicyclic) bond motifs is 2. The first kappa shape index (κ1) is 13.3. The van der Waals surface area contributed by atoms with Crippen molar-refractivity contribution >= 4 is 5.97 Å². The van der Waals surface area contributed by atoms with Crippen molar-refractivity contribution in [3.63, 3.8) is 0 Å². The van der Waals surface area contributed by atoms with Crippen LogP contribution in [0.25, 0.3) is 0 Å². The molecule has 0 aliphatic heterocycles. The molecule has 0 aromatic heterocycles. The lowest BCUT2D eigenvalue weighted by atomic mass is 9.61. The Morgan fingerprint density at radius 1 is 1.14 bits per heavy atom. The van der Waals surface area contributed by atoms with Crippen molar-refractivity contribution in [3.05, 3.63) is 35.6 Å². The molecule has 4 heteroatoms. The SMILES string of the molecule is O=C(O)[C@H]1[C@H]2CC[C@H]([C@@H]3C[C@@H]32)[C@H]1NCc1ccc(F)cc1. The number of halogens is 1. The average molecular weight is 289 g/mol. The van der Waals surface area contributed by atoms with E-state index >= 15 is 0 Å². The van der Waals surface area contributed by atoms with Gasteiger partial charge in [0, 0.05) is 12.6 Å². The van der Waals surface area contributed by atoms with Crippen LogP contribution in [0.5, 0.6) is 0 Å². The third-order valence-corrected chi connectivity index (χ3v) is 5.87. The van der Waals surface area contributed by atoms with Crippen LogP contribution in [0.15, 0.2) is 24.3 Å². The van der Waals surface area contributed by atoms with Gasteiger partial charge in [0.25, 0.3) is 0 Å². The van der Waals surface area contributed by atoms with Gasteiger partial charge in [-0.15, -0.1) is 0 Å². The van der Waals surface area contributed by atoms with Gasteiger partial charge < -0.3 is 10.4 Å². The van der Waals surface area contributed by atoms with Gasteiger partial charge >= 0.3 is 5.97 Å². The number of carboxylic acids is 1. The van der Waals surface area contributed by atoms with E-state index < -0.39 is 5.97 Å². The Kier molecular flexibility index (Phi) is 3.03. The molecule has 0 heterocycles. The molecule has 0 spiro atoms. The topological polar surface area (TPSA) is 49.3 Å². The van der Waals surface area contributed by atoms with E-state index in [1.54, 1.807) is 12.1 Å². The molecule has 3 nitrogen and oxygen atoms in total. The van der Waals surface area contributed by atoms with Crippen molar-refractivity contribution < 1.29 is 14.3 Å². The summed E-state index contributed by atoms with van der Waals surface area (Å²) < 4.78 is 12.9. The van der Waals surface area contributed by atoms with Gasteiger partial charge in [-0.25, -0.2) is 4.39 Å². The van der Waals surface area contributed by atoms with Crippen molar-refractivity contribution in [2.75, 3.05) is 0 Å². The number of hydrogen-bond acceptors (Lipinski definition) is 2. The maximum absolute atomic E-state index is 12.9. The molecule has 0 radical (unpaired) electrons. The average Bonchev–Trinajstić information content (AvgIpc) is 3.28. The second-order valence-corrected chi connectivity index (χ2v) is 6.87. The molecule has 6 atom stereocenters. The summed E-state index contributed by atoms with van der Waals surface area (Å²) in [6.07, 6.45) is 3.47. The Labute approximate surface area is 123 Å². The number of benzene rings is 1. The van der Waals surface area contributed by atoms with Gasteiger partial charge in [0.1, 0.15) is 5.82 Å². The van der Waals surface area contributed by atoms with Crippen LogP contribution in [0.4, 0.5) is 4.39 Å². The van der Waals surface area contributed by atoms with Crippen LogP contribution in [0, 0.1) is 35.4 Å². The fourth-order valence-electron chi connectivity index (χ4n) is 4.91. The zero-order valence-corrected chi connectivity index (χ0v) is 11.8. The van der Waals surface area contributed by atoms with Crippen LogP contribution in [-0.2, 0) is 11.3 Å². The molecule has 4 saturated carbocycles. The maximum atomic E-state index is 12.9. The lowest BCUT2D eigenvalue weighted by Gasteiger charge is -2.46. The lowest BCUT2D eigenvalue weighted by Crippen LogP contribution is -2.55. The van der Waals surface area contributed by atoms with Crippen LogP contribution < -0.4 is 5.32 Å². The quantitative estimate of drug-likeness (QED) is 0.896. The lowest BCUT2D eigenvalue weighted by molar-refractivity contribution is -0.150. The largest absolute Gasteiger partial charge is 0.481 e. The zero-order valence-electron chi connectivity index (χ0n) is 11.8. The van der Waals surface area contributed by atoms with Gasteiger partial charge in [0.05, 0.1) is 5.92 Å². The number of carboxylic acid groups (broad SMARTS) is 1. The van der Waals surface area contributed by atoms with E-state index in [1.165, 1.54) is 18.6 Å². The molecule has 4 aliphatic carbocycles. The molecule has 5 rings (SSSR count). The van der Waals surface area contributed by atoms with Gasteiger partial charge in [-0.1, -0.05) is 12.1 Å². The number of aliphatic carboxylic acids is 1. The minimum absolute atomic E-state index is 0.0788. The normalized spacial score (nSPS) is 39.9. The molecule has 2 N–H and O–H groups in total.